The molecule has 3 aliphatic heterocycles. The van der Waals surface area contributed by atoms with E-state index in [0.717, 1.165) is 18.2 Å². The lowest BCUT2D eigenvalue weighted by Gasteiger charge is -2.53. The Kier molecular flexibility index (Phi) is 5.70. The third-order valence-corrected chi connectivity index (χ3v) is 6.16. The number of amides is 1. The summed E-state index contributed by atoms with van der Waals surface area (Å²) in [5, 5.41) is 14.2. The molecule has 0 radical (unpaired) electrons. The summed E-state index contributed by atoms with van der Waals surface area (Å²) in [6.45, 7) is 4.78. The van der Waals surface area contributed by atoms with Gasteiger partial charge in [-0.3, -0.25) is 5.32 Å². The molecule has 9 nitrogen and oxygen atoms in total. The van der Waals surface area contributed by atoms with Gasteiger partial charge < -0.3 is 33.5 Å². The van der Waals surface area contributed by atoms with Crippen molar-refractivity contribution in [1.29, 1.82) is 0 Å². The first-order chi connectivity index (χ1) is 15.3. The summed E-state index contributed by atoms with van der Waals surface area (Å²) in [6, 6.07) is 4.11. The second kappa shape index (κ2) is 7.79. The quantitative estimate of drug-likeness (QED) is 0.638. The van der Waals surface area contributed by atoms with Crippen molar-refractivity contribution in [3.63, 3.8) is 0 Å². The number of hydrogen-bond acceptors (Lipinski definition) is 8. The van der Waals surface area contributed by atoms with E-state index in [-0.39, 0.29) is 25.5 Å². The summed E-state index contributed by atoms with van der Waals surface area (Å²) < 4.78 is 72.8. The van der Waals surface area contributed by atoms with E-state index in [2.05, 4.69) is 5.32 Å². The van der Waals surface area contributed by atoms with Crippen molar-refractivity contribution in [2.75, 3.05) is 32.2 Å². The average molecular weight is 477 g/mol. The average Bonchev–Trinajstić information content (AvgIpc) is 3.39. The molecule has 3 saturated heterocycles. The number of anilines is 1. The largest absolute Gasteiger partial charge is 0.441 e. The molecule has 1 aromatic carbocycles. The van der Waals surface area contributed by atoms with Crippen LogP contribution in [0.15, 0.2) is 24.3 Å². The lowest BCUT2D eigenvalue weighted by atomic mass is 9.73. The number of nitrogens with one attached hydrogen (secondary N) is 1. The molecule has 1 amide bonds. The van der Waals surface area contributed by atoms with E-state index in [9.17, 15) is 23.1 Å². The van der Waals surface area contributed by atoms with E-state index in [4.69, 9.17) is 28.4 Å². The first kappa shape index (κ1) is 24.2. The van der Waals surface area contributed by atoms with Gasteiger partial charge in [-0.15, -0.1) is 0 Å². The fourth-order valence-corrected chi connectivity index (χ4v) is 4.39. The highest BCUT2D eigenvalue weighted by Crippen LogP contribution is 2.55. The summed E-state index contributed by atoms with van der Waals surface area (Å²) >= 11 is 0. The van der Waals surface area contributed by atoms with E-state index >= 15 is 0 Å². The Morgan fingerprint density at radius 3 is 2.42 bits per heavy atom. The van der Waals surface area contributed by atoms with Crippen molar-refractivity contribution in [1.82, 2.24) is 0 Å². The highest BCUT2D eigenvalue weighted by Gasteiger charge is 2.78. The van der Waals surface area contributed by atoms with Crippen LogP contribution in [0, 0.1) is 0 Å². The molecule has 0 saturated carbocycles. The molecule has 3 heterocycles. The van der Waals surface area contributed by atoms with Crippen molar-refractivity contribution in [2.24, 2.45) is 0 Å². The van der Waals surface area contributed by atoms with Crippen LogP contribution in [0.2, 0.25) is 0 Å². The van der Waals surface area contributed by atoms with Crippen LogP contribution < -0.4 is 5.32 Å². The van der Waals surface area contributed by atoms with Crippen molar-refractivity contribution in [3.8, 4) is 0 Å². The zero-order chi connectivity index (χ0) is 24.3. The molecule has 5 atom stereocenters. The van der Waals surface area contributed by atoms with E-state index in [0.29, 0.717) is 0 Å². The van der Waals surface area contributed by atoms with Gasteiger partial charge in [0.25, 0.3) is 0 Å². The number of carbonyl (C=O) groups excluding carboxylic acids is 1. The van der Waals surface area contributed by atoms with Gasteiger partial charge in [-0.1, -0.05) is 6.07 Å². The van der Waals surface area contributed by atoms with Gasteiger partial charge in [-0.2, -0.15) is 13.2 Å². The van der Waals surface area contributed by atoms with Gasteiger partial charge in [0.1, 0.15) is 18.3 Å². The second-order valence-electron chi connectivity index (χ2n) is 8.94. The minimum Gasteiger partial charge on any atom is -0.441 e. The highest BCUT2D eigenvalue weighted by molar-refractivity contribution is 5.84. The summed E-state index contributed by atoms with van der Waals surface area (Å²) in [7, 11) is 1.32. The Balaban J connectivity index is 1.54. The Morgan fingerprint density at radius 1 is 1.18 bits per heavy atom. The molecular weight excluding hydrogens is 451 g/mol. The Morgan fingerprint density at radius 2 is 1.88 bits per heavy atom. The fraction of sp³-hybridized carbons (Fsp3) is 0.667. The van der Waals surface area contributed by atoms with Crippen LogP contribution in [0.3, 0.4) is 0 Å². The molecule has 1 spiro atoms. The van der Waals surface area contributed by atoms with Crippen molar-refractivity contribution in [2.45, 2.75) is 61.9 Å². The molecule has 184 valence electrons. The van der Waals surface area contributed by atoms with Crippen LogP contribution in [-0.4, -0.2) is 73.1 Å². The minimum atomic E-state index is -4.57. The fourth-order valence-electron chi connectivity index (χ4n) is 4.39. The van der Waals surface area contributed by atoms with E-state index < -0.39 is 52.8 Å². The van der Waals surface area contributed by atoms with Gasteiger partial charge in [0.15, 0.2) is 17.5 Å². The van der Waals surface area contributed by atoms with Gasteiger partial charge >= 0.3 is 12.3 Å². The van der Waals surface area contributed by atoms with Crippen molar-refractivity contribution < 1.29 is 51.5 Å². The summed E-state index contributed by atoms with van der Waals surface area (Å²) in [5.74, 6) is -2.72. The maximum Gasteiger partial charge on any atom is 0.416 e. The van der Waals surface area contributed by atoms with Gasteiger partial charge in [0.2, 0.25) is 5.79 Å². The van der Waals surface area contributed by atoms with Crippen molar-refractivity contribution in [3.05, 3.63) is 29.8 Å². The van der Waals surface area contributed by atoms with Gasteiger partial charge in [0, 0.05) is 12.8 Å². The van der Waals surface area contributed by atoms with Crippen LogP contribution >= 0.6 is 0 Å². The van der Waals surface area contributed by atoms with E-state index in [1.54, 1.807) is 20.8 Å². The summed E-state index contributed by atoms with van der Waals surface area (Å²) in [6.07, 6.45) is -7.91. The zero-order valence-electron chi connectivity index (χ0n) is 18.5. The molecule has 1 aromatic rings. The third kappa shape index (κ3) is 4.08. The number of alkyl halides is 3. The Labute approximate surface area is 188 Å². The molecule has 3 aliphatic rings. The van der Waals surface area contributed by atoms with Crippen molar-refractivity contribution >= 4 is 11.8 Å². The van der Waals surface area contributed by atoms with Crippen LogP contribution in [0.5, 0.6) is 0 Å². The number of methoxy groups -OCH3 is 1. The van der Waals surface area contributed by atoms with Crippen LogP contribution in [0.25, 0.3) is 0 Å². The lowest BCUT2D eigenvalue weighted by Crippen LogP contribution is -2.77. The van der Waals surface area contributed by atoms with Gasteiger partial charge in [0.05, 0.1) is 18.8 Å². The normalized spacial score (nSPS) is 37.7. The summed E-state index contributed by atoms with van der Waals surface area (Å²) in [5.41, 5.74) is -4.12. The SMILES string of the molecule is CO[C@@H]1[C@H](OC(=O)Nc2cccc(C(F)(F)F)c2)CO[C@]2(COC(C)(C)O2)[C@@]1(O)C1(C)CO1. The molecule has 12 heteroatoms. The molecule has 0 aromatic heterocycles. The monoisotopic (exact) mass is 477 g/mol. The van der Waals surface area contributed by atoms with Crippen LogP contribution in [0.1, 0.15) is 26.3 Å². The molecule has 0 aliphatic carbocycles. The number of benzene rings is 1. The maximum absolute atomic E-state index is 12.9. The van der Waals surface area contributed by atoms with E-state index in [1.807, 2.05) is 0 Å². The number of epoxide rings is 1. The first-order valence-electron chi connectivity index (χ1n) is 10.3. The highest BCUT2D eigenvalue weighted by atomic mass is 19.4. The lowest BCUT2D eigenvalue weighted by molar-refractivity contribution is -0.391. The molecular formula is C21H26F3NO8. The zero-order valence-corrected chi connectivity index (χ0v) is 18.5. The number of rotatable bonds is 4. The van der Waals surface area contributed by atoms with Gasteiger partial charge in [-0.05, 0) is 39.0 Å². The molecule has 33 heavy (non-hydrogen) atoms. The molecule has 0 bridgehead atoms. The number of halogens is 3. The smallest absolute Gasteiger partial charge is 0.416 e. The summed E-state index contributed by atoms with van der Waals surface area (Å²) in [4.78, 5) is 12.5. The number of aliphatic hydroxyl groups is 1. The second-order valence-corrected chi connectivity index (χ2v) is 8.94. The number of carbonyl (C=O) groups is 1. The standard InChI is InChI=1S/C21H26F3NO8/c1-17(2)30-11-19(33-17)20(27,18(3)10-31-18)15(28-4)14(9-29-19)32-16(26)25-13-7-5-6-12(8-13)21(22,23)24/h5-8,14-15,27H,9-11H2,1-4H3,(H,25,26)/t14-,15-,18?,19+,20+/m1/s1. The first-order valence-corrected chi connectivity index (χ1v) is 10.3. The van der Waals surface area contributed by atoms with Crippen LogP contribution in [-0.2, 0) is 34.6 Å². The van der Waals surface area contributed by atoms with E-state index in [1.165, 1.54) is 13.2 Å². The predicted octanol–water partition coefficient (Wildman–Crippen LogP) is 2.67. The molecule has 2 N–H and O–H groups in total. The molecule has 3 fully saturated rings. The van der Waals surface area contributed by atoms with Gasteiger partial charge in [-0.25, -0.2) is 4.79 Å². The Hall–Kier alpha value is -1.96. The molecule has 1 unspecified atom stereocenters. The minimum absolute atomic E-state index is 0.112. The number of hydrogen-bond donors (Lipinski definition) is 2. The molecule has 4 rings (SSSR count). The van der Waals surface area contributed by atoms with Crippen LogP contribution in [0.4, 0.5) is 23.7 Å². The third-order valence-electron chi connectivity index (χ3n) is 6.16. The predicted molar refractivity (Wildman–Crippen MR) is 105 cm³/mol. The topological polar surface area (TPSA) is 108 Å². The maximum atomic E-state index is 12.9. The Bertz CT molecular complexity index is 921. The number of ether oxygens (including phenoxy) is 6.